The van der Waals surface area contributed by atoms with Gasteiger partial charge in [0.1, 0.15) is 5.82 Å². The monoisotopic (exact) mass is 340 g/mol. The first-order valence-corrected chi connectivity index (χ1v) is 8.76. The Labute approximate surface area is 146 Å². The molecule has 2 fully saturated rings. The van der Waals surface area contributed by atoms with Crippen LogP contribution >= 0.6 is 0 Å². The minimum Gasteiger partial charge on any atom is -0.339 e. The number of rotatable bonds is 4. The van der Waals surface area contributed by atoms with E-state index in [-0.39, 0.29) is 11.7 Å². The third-order valence-corrected chi connectivity index (χ3v) is 5.12. The van der Waals surface area contributed by atoms with E-state index in [0.29, 0.717) is 31.3 Å². The van der Waals surface area contributed by atoms with Gasteiger partial charge in [0.15, 0.2) is 0 Å². The van der Waals surface area contributed by atoms with E-state index in [1.807, 2.05) is 17.0 Å². The molecule has 1 saturated heterocycles. The Morgan fingerprint density at radius 3 is 2.44 bits per heavy atom. The first kappa shape index (κ1) is 16.0. The Hall–Kier alpha value is -2.50. The molecular weight excluding hydrogens is 319 g/mol. The fourth-order valence-electron chi connectivity index (χ4n) is 3.56. The lowest BCUT2D eigenvalue weighted by molar-refractivity contribution is -0.131. The molecule has 0 spiro atoms. The third-order valence-electron chi connectivity index (χ3n) is 5.12. The molecule has 25 heavy (non-hydrogen) atoms. The maximum absolute atomic E-state index is 13.0. The number of nitrogens with zero attached hydrogens (tertiary/aromatic N) is 4. The van der Waals surface area contributed by atoms with Gasteiger partial charge in [0.25, 0.3) is 0 Å². The molecule has 1 unspecified atom stereocenters. The Balaban J connectivity index is 1.27. The van der Waals surface area contributed by atoms with Crippen LogP contribution in [0.2, 0.25) is 0 Å². The van der Waals surface area contributed by atoms with Crippen LogP contribution in [0.4, 0.5) is 10.3 Å². The lowest BCUT2D eigenvalue weighted by atomic mass is 10.1. The molecule has 1 aromatic carbocycles. The molecule has 6 heteroatoms. The molecule has 130 valence electrons. The normalized spacial score (nSPS) is 22.8. The molecule has 1 amide bonds. The zero-order valence-electron chi connectivity index (χ0n) is 14.0. The Bertz CT molecular complexity index is 729. The SMILES string of the molecule is O=C(CC1C[C@@H]1c1ccc(F)cc1)N1CCN(c2ncccn2)CC1. The van der Waals surface area contributed by atoms with Gasteiger partial charge in [-0.05, 0) is 42.0 Å². The summed E-state index contributed by atoms with van der Waals surface area (Å²) < 4.78 is 13.0. The zero-order valence-corrected chi connectivity index (χ0v) is 14.0. The summed E-state index contributed by atoms with van der Waals surface area (Å²) >= 11 is 0. The molecule has 1 aliphatic heterocycles. The summed E-state index contributed by atoms with van der Waals surface area (Å²) in [5.74, 6) is 1.55. The van der Waals surface area contributed by atoms with Crippen LogP contribution in [0.5, 0.6) is 0 Å². The van der Waals surface area contributed by atoms with Crippen LogP contribution in [-0.4, -0.2) is 47.0 Å². The number of carbonyl (C=O) groups is 1. The summed E-state index contributed by atoms with van der Waals surface area (Å²) in [6.07, 6.45) is 5.09. The maximum Gasteiger partial charge on any atom is 0.225 e. The number of halogens is 1. The molecule has 2 aliphatic rings. The maximum atomic E-state index is 13.0. The molecule has 0 bridgehead atoms. The molecular formula is C19H21FN4O. The van der Waals surface area contributed by atoms with Crippen molar-refractivity contribution in [3.8, 4) is 0 Å². The van der Waals surface area contributed by atoms with Gasteiger partial charge in [0, 0.05) is 45.0 Å². The molecule has 4 rings (SSSR count). The molecule has 2 heterocycles. The number of hydrogen-bond donors (Lipinski definition) is 0. The molecule has 2 aromatic rings. The van der Waals surface area contributed by atoms with E-state index in [2.05, 4.69) is 14.9 Å². The fraction of sp³-hybridized carbons (Fsp3) is 0.421. The van der Waals surface area contributed by atoms with Crippen LogP contribution in [0.1, 0.15) is 24.3 Å². The summed E-state index contributed by atoms with van der Waals surface area (Å²) in [5, 5.41) is 0. The average molecular weight is 340 g/mol. The van der Waals surface area contributed by atoms with Gasteiger partial charge in [-0.2, -0.15) is 0 Å². The van der Waals surface area contributed by atoms with Crippen molar-refractivity contribution in [1.29, 1.82) is 0 Å². The quantitative estimate of drug-likeness (QED) is 0.858. The summed E-state index contributed by atoms with van der Waals surface area (Å²) in [5.41, 5.74) is 1.14. The van der Waals surface area contributed by atoms with E-state index in [1.165, 1.54) is 12.1 Å². The molecule has 1 aromatic heterocycles. The highest BCUT2D eigenvalue weighted by molar-refractivity contribution is 5.77. The summed E-state index contributed by atoms with van der Waals surface area (Å²) in [6.45, 7) is 2.96. The van der Waals surface area contributed by atoms with Gasteiger partial charge < -0.3 is 9.80 Å². The molecule has 5 nitrogen and oxygen atoms in total. The second-order valence-electron chi connectivity index (χ2n) is 6.77. The van der Waals surface area contributed by atoms with Crippen LogP contribution in [0.3, 0.4) is 0 Å². The minimum atomic E-state index is -0.211. The van der Waals surface area contributed by atoms with Gasteiger partial charge in [-0.15, -0.1) is 0 Å². The predicted octanol–water partition coefficient (Wildman–Crippen LogP) is 2.46. The summed E-state index contributed by atoms with van der Waals surface area (Å²) in [7, 11) is 0. The molecule has 1 saturated carbocycles. The van der Waals surface area contributed by atoms with Crippen LogP contribution in [-0.2, 0) is 4.79 Å². The highest BCUT2D eigenvalue weighted by Gasteiger charge is 2.40. The average Bonchev–Trinajstić information content (AvgIpc) is 3.42. The van der Waals surface area contributed by atoms with Gasteiger partial charge in [-0.1, -0.05) is 12.1 Å². The van der Waals surface area contributed by atoms with Crippen molar-refractivity contribution in [2.75, 3.05) is 31.1 Å². The van der Waals surface area contributed by atoms with Gasteiger partial charge in [-0.25, -0.2) is 14.4 Å². The number of carbonyl (C=O) groups excluding carboxylic acids is 1. The van der Waals surface area contributed by atoms with Crippen molar-refractivity contribution >= 4 is 11.9 Å². The van der Waals surface area contributed by atoms with E-state index >= 15 is 0 Å². The molecule has 0 radical (unpaired) electrons. The second kappa shape index (κ2) is 6.78. The molecule has 0 N–H and O–H groups in total. The van der Waals surface area contributed by atoms with Crippen molar-refractivity contribution < 1.29 is 9.18 Å². The van der Waals surface area contributed by atoms with Crippen molar-refractivity contribution in [2.24, 2.45) is 5.92 Å². The van der Waals surface area contributed by atoms with Gasteiger partial charge in [0.05, 0.1) is 0 Å². The topological polar surface area (TPSA) is 49.3 Å². The number of hydrogen-bond acceptors (Lipinski definition) is 4. The number of benzene rings is 1. The smallest absolute Gasteiger partial charge is 0.225 e. The second-order valence-corrected chi connectivity index (χ2v) is 6.77. The lowest BCUT2D eigenvalue weighted by Gasteiger charge is -2.34. The molecule has 2 atom stereocenters. The van der Waals surface area contributed by atoms with E-state index in [1.54, 1.807) is 18.5 Å². The summed E-state index contributed by atoms with van der Waals surface area (Å²) in [6, 6.07) is 8.47. The fourth-order valence-corrected chi connectivity index (χ4v) is 3.56. The standard InChI is InChI=1S/C19H21FN4O/c20-16-4-2-14(3-5-16)17-12-15(17)13-18(25)23-8-10-24(11-9-23)19-21-6-1-7-22-19/h1-7,15,17H,8-13H2/t15?,17-/m1/s1. The Morgan fingerprint density at radius 1 is 1.08 bits per heavy atom. The summed E-state index contributed by atoms with van der Waals surface area (Å²) in [4.78, 5) is 25.1. The van der Waals surface area contributed by atoms with Gasteiger partial charge in [0.2, 0.25) is 11.9 Å². The van der Waals surface area contributed by atoms with Crippen molar-refractivity contribution in [2.45, 2.75) is 18.8 Å². The van der Waals surface area contributed by atoms with E-state index in [9.17, 15) is 9.18 Å². The van der Waals surface area contributed by atoms with Crippen LogP contribution in [0, 0.1) is 11.7 Å². The van der Waals surface area contributed by atoms with Crippen LogP contribution in [0.15, 0.2) is 42.7 Å². The third kappa shape index (κ3) is 3.62. The van der Waals surface area contributed by atoms with Crippen LogP contribution < -0.4 is 4.90 Å². The first-order chi connectivity index (χ1) is 12.2. The van der Waals surface area contributed by atoms with E-state index < -0.39 is 0 Å². The number of piperazine rings is 1. The lowest BCUT2D eigenvalue weighted by Crippen LogP contribution is -2.49. The molecule has 1 aliphatic carbocycles. The number of amides is 1. The Morgan fingerprint density at radius 2 is 1.76 bits per heavy atom. The van der Waals surface area contributed by atoms with Crippen molar-refractivity contribution in [3.05, 3.63) is 54.1 Å². The zero-order chi connectivity index (χ0) is 17.2. The number of aromatic nitrogens is 2. The van der Waals surface area contributed by atoms with E-state index in [4.69, 9.17) is 0 Å². The minimum absolute atomic E-state index is 0.211. The first-order valence-electron chi connectivity index (χ1n) is 8.76. The Kier molecular flexibility index (Phi) is 4.34. The highest BCUT2D eigenvalue weighted by atomic mass is 19.1. The van der Waals surface area contributed by atoms with Crippen molar-refractivity contribution in [1.82, 2.24) is 14.9 Å². The van der Waals surface area contributed by atoms with E-state index in [0.717, 1.165) is 31.0 Å². The van der Waals surface area contributed by atoms with Crippen LogP contribution in [0.25, 0.3) is 0 Å². The van der Waals surface area contributed by atoms with Gasteiger partial charge >= 0.3 is 0 Å². The van der Waals surface area contributed by atoms with Gasteiger partial charge in [-0.3, -0.25) is 4.79 Å². The van der Waals surface area contributed by atoms with Crippen molar-refractivity contribution in [3.63, 3.8) is 0 Å². The predicted molar refractivity (Wildman–Crippen MR) is 92.7 cm³/mol. The highest BCUT2D eigenvalue weighted by Crippen LogP contribution is 2.49. The largest absolute Gasteiger partial charge is 0.339 e. The number of anilines is 1.